The van der Waals surface area contributed by atoms with E-state index in [9.17, 15) is 9.90 Å². The summed E-state index contributed by atoms with van der Waals surface area (Å²) >= 11 is 1.49. The normalized spacial score (nSPS) is 19.5. The van der Waals surface area contributed by atoms with Gasteiger partial charge in [0.05, 0.1) is 36.0 Å². The van der Waals surface area contributed by atoms with E-state index in [1.54, 1.807) is 0 Å². The van der Waals surface area contributed by atoms with Crippen molar-refractivity contribution in [1.82, 2.24) is 24.4 Å². The van der Waals surface area contributed by atoms with Gasteiger partial charge in [0.1, 0.15) is 29.1 Å². The van der Waals surface area contributed by atoms with E-state index in [0.29, 0.717) is 36.7 Å². The van der Waals surface area contributed by atoms with Crippen LogP contribution in [0.1, 0.15) is 44.2 Å². The van der Waals surface area contributed by atoms with Gasteiger partial charge in [-0.3, -0.25) is 14.1 Å². The fourth-order valence-corrected chi connectivity index (χ4v) is 6.80. The highest BCUT2D eigenvalue weighted by molar-refractivity contribution is 7.23. The highest BCUT2D eigenvalue weighted by atomic mass is 32.1. The number of benzene rings is 1. The Morgan fingerprint density at radius 2 is 2.00 bits per heavy atom. The number of ether oxygens (including phenoxy) is 2. The molecule has 1 aromatic carbocycles. The van der Waals surface area contributed by atoms with Gasteiger partial charge in [-0.15, -0.1) is 0 Å². The van der Waals surface area contributed by atoms with E-state index in [4.69, 9.17) is 19.0 Å². The van der Waals surface area contributed by atoms with E-state index >= 15 is 0 Å². The van der Waals surface area contributed by atoms with Crippen molar-refractivity contribution < 1.29 is 23.9 Å². The first-order valence-electron chi connectivity index (χ1n) is 14.7. The maximum atomic E-state index is 12.7. The van der Waals surface area contributed by atoms with Crippen molar-refractivity contribution in [2.24, 2.45) is 0 Å². The monoisotopic (exact) mass is 601 g/mol. The molecule has 11 heteroatoms. The molecule has 4 aromatic heterocycles. The number of carbonyl (C=O) groups is 1. The highest BCUT2D eigenvalue weighted by Gasteiger charge is 2.39. The largest absolute Gasteiger partial charge is 0.475 e. The molecule has 43 heavy (non-hydrogen) atoms. The fraction of sp³-hybridized carbons (Fsp3) is 0.438. The molecule has 2 aliphatic rings. The summed E-state index contributed by atoms with van der Waals surface area (Å²) in [6, 6.07) is 14.1. The standard InChI is InChI=1S/C32H35N5O5S/c1-32(2,3)28-12-21(35-42-28)11-23(38)10-19-4-6-20(7-5-19)26-16-37-27-8-9-29(34-30(27)43-31(37)33-26)41-18-24(39)14-36-15-25-13-22(36)17-40-25/h4-9,12,16,22,24-25,39H,10-11,13-15,17-18H2,1-3H3/t22-,24?,25-/m0/s1. The first kappa shape index (κ1) is 28.1. The van der Waals surface area contributed by atoms with Crippen LogP contribution in [0.3, 0.4) is 0 Å². The third-order valence-electron chi connectivity index (χ3n) is 8.15. The van der Waals surface area contributed by atoms with Gasteiger partial charge in [-0.05, 0) is 18.1 Å². The zero-order valence-electron chi connectivity index (χ0n) is 24.5. The van der Waals surface area contributed by atoms with Gasteiger partial charge in [0.15, 0.2) is 4.96 Å². The highest BCUT2D eigenvalue weighted by Crippen LogP contribution is 2.31. The maximum Gasteiger partial charge on any atom is 0.214 e. The van der Waals surface area contributed by atoms with Crippen LogP contribution in [0, 0.1) is 0 Å². The van der Waals surface area contributed by atoms with Crippen LogP contribution in [0.25, 0.3) is 26.6 Å². The fourth-order valence-electron chi connectivity index (χ4n) is 5.83. The van der Waals surface area contributed by atoms with Crippen molar-refractivity contribution >= 4 is 32.4 Å². The molecule has 5 aromatic rings. The topological polar surface area (TPSA) is 115 Å². The lowest BCUT2D eigenvalue weighted by atomic mass is 9.93. The van der Waals surface area contributed by atoms with Gasteiger partial charge in [0, 0.05) is 54.9 Å². The number of Topliss-reactive ketones (excluding diaryl/α,β-unsaturated/α-hetero) is 1. The number of hydrogen-bond acceptors (Lipinski definition) is 10. The Balaban J connectivity index is 0.965. The molecule has 7 rings (SSSR count). The van der Waals surface area contributed by atoms with Crippen LogP contribution >= 0.6 is 11.3 Å². The molecule has 6 heterocycles. The number of β-amino-alcohol motifs (C(OH)–C–C–N with tert-alkyl or cyclic N) is 1. The molecule has 0 amide bonds. The van der Waals surface area contributed by atoms with Gasteiger partial charge >= 0.3 is 0 Å². The molecule has 0 aliphatic carbocycles. The average molecular weight is 602 g/mol. The lowest BCUT2D eigenvalue weighted by Crippen LogP contribution is -2.43. The van der Waals surface area contributed by atoms with Crippen LogP contribution in [0.2, 0.25) is 0 Å². The van der Waals surface area contributed by atoms with Crippen LogP contribution in [-0.4, -0.2) is 79.9 Å². The summed E-state index contributed by atoms with van der Waals surface area (Å²) in [6.07, 6.45) is 3.38. The van der Waals surface area contributed by atoms with Crippen LogP contribution in [0.5, 0.6) is 5.88 Å². The van der Waals surface area contributed by atoms with E-state index in [1.807, 2.05) is 53.1 Å². The van der Waals surface area contributed by atoms with Crippen molar-refractivity contribution in [1.29, 1.82) is 0 Å². The predicted molar refractivity (Wildman–Crippen MR) is 163 cm³/mol. The van der Waals surface area contributed by atoms with Crippen LogP contribution in [0.15, 0.2) is 53.2 Å². The number of nitrogens with zero attached hydrogens (tertiary/aromatic N) is 5. The Morgan fingerprint density at radius 1 is 1.16 bits per heavy atom. The summed E-state index contributed by atoms with van der Waals surface area (Å²) in [5, 5.41) is 14.6. The Kier molecular flexibility index (Phi) is 7.29. The van der Waals surface area contributed by atoms with Gasteiger partial charge < -0.3 is 19.1 Å². The molecule has 3 atom stereocenters. The summed E-state index contributed by atoms with van der Waals surface area (Å²) in [5.41, 5.74) is 4.26. The molecule has 2 fully saturated rings. The van der Waals surface area contributed by atoms with Gasteiger partial charge in [-0.2, -0.15) is 0 Å². The van der Waals surface area contributed by atoms with Crippen molar-refractivity contribution in [3.63, 3.8) is 0 Å². The number of morpholine rings is 1. The Labute approximate surface area is 253 Å². The number of aliphatic hydroxyl groups excluding tert-OH is 1. The SMILES string of the molecule is CC(C)(C)c1cc(CC(=O)Cc2ccc(-c3cn4c(n3)sc3nc(OCC(O)CN5C[C@@H]6C[C@H]5CO6)ccc34)cc2)no1. The Hall–Kier alpha value is -3.64. The number of carbonyl (C=O) groups excluding carboxylic acids is 1. The number of ketones is 1. The van der Waals surface area contributed by atoms with Gasteiger partial charge in [-0.25, -0.2) is 9.97 Å². The van der Waals surface area contributed by atoms with E-state index < -0.39 is 6.10 Å². The second-order valence-corrected chi connectivity index (χ2v) is 13.6. The van der Waals surface area contributed by atoms with Gasteiger partial charge in [0.2, 0.25) is 5.88 Å². The number of thiazole rings is 1. The molecule has 0 radical (unpaired) electrons. The Morgan fingerprint density at radius 3 is 2.72 bits per heavy atom. The first-order chi connectivity index (χ1) is 20.7. The third-order valence-corrected chi connectivity index (χ3v) is 9.11. The smallest absolute Gasteiger partial charge is 0.214 e. The predicted octanol–water partition coefficient (Wildman–Crippen LogP) is 4.46. The van der Waals surface area contributed by atoms with Crippen molar-refractivity contribution in [2.45, 2.75) is 63.7 Å². The summed E-state index contributed by atoms with van der Waals surface area (Å²) < 4.78 is 18.9. The zero-order chi connectivity index (χ0) is 29.7. The number of rotatable bonds is 10. The molecule has 2 bridgehead atoms. The second kappa shape index (κ2) is 11.1. The summed E-state index contributed by atoms with van der Waals surface area (Å²) in [5.74, 6) is 1.36. The number of likely N-dealkylation sites (tertiary alicyclic amines) is 1. The first-order valence-corrected chi connectivity index (χ1v) is 15.5. The van der Waals surface area contributed by atoms with E-state index in [-0.39, 0.29) is 24.2 Å². The van der Waals surface area contributed by atoms with Crippen LogP contribution < -0.4 is 4.74 Å². The molecule has 0 spiro atoms. The zero-order valence-corrected chi connectivity index (χ0v) is 25.3. The maximum absolute atomic E-state index is 12.7. The van der Waals surface area contributed by atoms with Crippen LogP contribution in [0.4, 0.5) is 0 Å². The average Bonchev–Trinajstić information content (AvgIpc) is 3.79. The number of imidazole rings is 1. The molecule has 224 valence electrons. The van der Waals surface area contributed by atoms with Crippen molar-refractivity contribution in [3.05, 3.63) is 65.7 Å². The van der Waals surface area contributed by atoms with Gasteiger partial charge in [-0.1, -0.05) is 61.5 Å². The van der Waals surface area contributed by atoms with Crippen molar-refractivity contribution in [2.75, 3.05) is 26.3 Å². The second-order valence-electron chi connectivity index (χ2n) is 12.6. The molecule has 2 aliphatic heterocycles. The minimum atomic E-state index is -0.584. The van der Waals surface area contributed by atoms with Gasteiger partial charge in [0.25, 0.3) is 0 Å². The third kappa shape index (κ3) is 5.95. The Bertz CT molecular complexity index is 1770. The summed E-state index contributed by atoms with van der Waals surface area (Å²) in [4.78, 5) is 26.1. The number of pyridine rings is 1. The van der Waals surface area contributed by atoms with Crippen molar-refractivity contribution in [3.8, 4) is 17.1 Å². The molecule has 1 unspecified atom stereocenters. The molecule has 10 nitrogen and oxygen atoms in total. The van der Waals surface area contributed by atoms with E-state index in [2.05, 4.69) is 35.8 Å². The quantitative estimate of drug-likeness (QED) is 0.248. The number of aromatic nitrogens is 4. The number of fused-ring (bicyclic) bond motifs is 5. The van der Waals surface area contributed by atoms with E-state index in [0.717, 1.165) is 57.5 Å². The lowest BCUT2D eigenvalue weighted by Gasteiger charge is -2.28. The molecular formula is C32H35N5O5S. The van der Waals surface area contributed by atoms with Crippen LogP contribution in [-0.2, 0) is 27.8 Å². The minimum absolute atomic E-state index is 0.0920. The molecular weight excluding hydrogens is 566 g/mol. The number of aliphatic hydroxyl groups is 1. The summed E-state index contributed by atoms with van der Waals surface area (Å²) in [6.45, 7) is 8.59. The molecule has 0 saturated carbocycles. The van der Waals surface area contributed by atoms with E-state index in [1.165, 1.54) is 11.3 Å². The summed E-state index contributed by atoms with van der Waals surface area (Å²) in [7, 11) is 0. The lowest BCUT2D eigenvalue weighted by molar-refractivity contribution is -0.117. The number of hydrogen-bond donors (Lipinski definition) is 1. The minimum Gasteiger partial charge on any atom is -0.475 e. The molecule has 2 saturated heterocycles. The molecule has 1 N–H and O–H groups in total.